The minimum Gasteiger partial charge on any atom is -0.476 e. The van der Waals surface area contributed by atoms with Crippen molar-refractivity contribution in [2.24, 2.45) is 5.92 Å². The van der Waals surface area contributed by atoms with Gasteiger partial charge in [-0.05, 0) is 37.7 Å². The van der Waals surface area contributed by atoms with E-state index in [1.54, 1.807) is 4.31 Å². The lowest BCUT2D eigenvalue weighted by Gasteiger charge is -2.36. The molecule has 1 saturated carbocycles. The molecule has 2 aliphatic heterocycles. The van der Waals surface area contributed by atoms with Gasteiger partial charge in [0, 0.05) is 38.2 Å². The number of morpholine rings is 1. The monoisotopic (exact) mass is 382 g/mol. The number of rotatable bonds is 6. The summed E-state index contributed by atoms with van der Waals surface area (Å²) in [6, 6.07) is 3.89. The van der Waals surface area contributed by atoms with Crippen LogP contribution in [0.15, 0.2) is 12.1 Å². The summed E-state index contributed by atoms with van der Waals surface area (Å²) in [6.45, 7) is 3.49. The molecule has 9 heteroatoms. The molecule has 0 atom stereocenters. The number of hydrogen-bond donors (Lipinski definition) is 0. The standard InChI is InChI=1S/C17H26N4O4S/c22-26(23,21-9-11-24-12-10-21)20-7-5-14(6-8-20)13-25-17-4-3-16(18-19-17)15-1-2-15/h3-4,14-15H,1-2,5-13H2. The van der Waals surface area contributed by atoms with Crippen LogP contribution in [0.4, 0.5) is 0 Å². The first-order valence-electron chi connectivity index (χ1n) is 9.42. The van der Waals surface area contributed by atoms with E-state index in [2.05, 4.69) is 10.2 Å². The first-order chi connectivity index (χ1) is 12.6. The van der Waals surface area contributed by atoms with Crippen molar-refractivity contribution in [2.75, 3.05) is 46.0 Å². The van der Waals surface area contributed by atoms with E-state index >= 15 is 0 Å². The van der Waals surface area contributed by atoms with E-state index in [1.807, 2.05) is 12.1 Å². The molecule has 1 aliphatic carbocycles. The zero-order valence-electron chi connectivity index (χ0n) is 14.9. The maximum Gasteiger partial charge on any atom is 0.282 e. The largest absolute Gasteiger partial charge is 0.476 e. The van der Waals surface area contributed by atoms with Gasteiger partial charge in [-0.2, -0.15) is 22.1 Å². The summed E-state index contributed by atoms with van der Waals surface area (Å²) in [5, 5.41) is 8.36. The van der Waals surface area contributed by atoms with Crippen molar-refractivity contribution < 1.29 is 17.9 Å². The summed E-state index contributed by atoms with van der Waals surface area (Å²) in [5.41, 5.74) is 1.05. The van der Waals surface area contributed by atoms with Crippen molar-refractivity contribution in [3.8, 4) is 5.88 Å². The van der Waals surface area contributed by atoms with Gasteiger partial charge < -0.3 is 9.47 Å². The van der Waals surface area contributed by atoms with Crippen LogP contribution in [-0.4, -0.2) is 73.2 Å². The maximum absolute atomic E-state index is 12.7. The summed E-state index contributed by atoms with van der Waals surface area (Å²) in [5.74, 6) is 1.49. The maximum atomic E-state index is 12.7. The third kappa shape index (κ3) is 4.16. The van der Waals surface area contributed by atoms with Crippen LogP contribution in [0.2, 0.25) is 0 Å². The van der Waals surface area contributed by atoms with Crippen molar-refractivity contribution in [1.82, 2.24) is 18.8 Å². The summed E-state index contributed by atoms with van der Waals surface area (Å²) in [6.07, 6.45) is 4.02. The number of nitrogens with zero attached hydrogens (tertiary/aromatic N) is 4. The first-order valence-corrected chi connectivity index (χ1v) is 10.8. The van der Waals surface area contributed by atoms with Gasteiger partial charge in [0.15, 0.2) is 0 Å². The molecule has 1 aromatic heterocycles. The van der Waals surface area contributed by atoms with Gasteiger partial charge in [0.25, 0.3) is 10.2 Å². The Labute approximate surface area is 154 Å². The van der Waals surface area contributed by atoms with E-state index in [9.17, 15) is 8.42 Å². The summed E-state index contributed by atoms with van der Waals surface area (Å²) < 4.78 is 39.5. The van der Waals surface area contributed by atoms with E-state index in [0.29, 0.717) is 63.7 Å². The van der Waals surface area contributed by atoms with Gasteiger partial charge >= 0.3 is 0 Å². The van der Waals surface area contributed by atoms with Crippen LogP contribution in [-0.2, 0) is 14.9 Å². The van der Waals surface area contributed by atoms with Crippen LogP contribution in [0.25, 0.3) is 0 Å². The Balaban J connectivity index is 1.24. The Kier molecular flexibility index (Phi) is 5.40. The highest BCUT2D eigenvalue weighted by Gasteiger charge is 2.34. The predicted molar refractivity (Wildman–Crippen MR) is 95.1 cm³/mol. The third-order valence-electron chi connectivity index (χ3n) is 5.32. The molecule has 0 bridgehead atoms. The SMILES string of the molecule is O=S(=O)(N1CCOCC1)N1CCC(COc2ccc(C3CC3)nn2)CC1. The van der Waals surface area contributed by atoms with Crippen molar-refractivity contribution in [2.45, 2.75) is 31.6 Å². The lowest BCUT2D eigenvalue weighted by atomic mass is 9.99. The second kappa shape index (κ2) is 7.75. The Hall–Kier alpha value is -1.29. The van der Waals surface area contributed by atoms with E-state index in [4.69, 9.17) is 9.47 Å². The van der Waals surface area contributed by atoms with Crippen LogP contribution in [0.5, 0.6) is 5.88 Å². The van der Waals surface area contributed by atoms with Gasteiger partial charge in [-0.25, -0.2) is 0 Å². The van der Waals surface area contributed by atoms with E-state index < -0.39 is 10.2 Å². The van der Waals surface area contributed by atoms with Gasteiger partial charge in [0.05, 0.1) is 25.5 Å². The Morgan fingerprint density at radius 1 is 1.00 bits per heavy atom. The summed E-state index contributed by atoms with van der Waals surface area (Å²) in [7, 11) is -3.36. The number of piperidine rings is 1. The van der Waals surface area contributed by atoms with Crippen LogP contribution in [0, 0.1) is 5.92 Å². The molecule has 0 spiro atoms. The Bertz CT molecular complexity index is 694. The van der Waals surface area contributed by atoms with Gasteiger partial charge in [-0.3, -0.25) is 0 Å². The Morgan fingerprint density at radius 2 is 1.69 bits per heavy atom. The quantitative estimate of drug-likeness (QED) is 0.730. The smallest absolute Gasteiger partial charge is 0.282 e. The lowest BCUT2D eigenvalue weighted by Crippen LogP contribution is -2.51. The highest BCUT2D eigenvalue weighted by atomic mass is 32.2. The van der Waals surface area contributed by atoms with Gasteiger partial charge in [0.2, 0.25) is 5.88 Å². The van der Waals surface area contributed by atoms with Crippen molar-refractivity contribution in [3.63, 3.8) is 0 Å². The normalized spacial score (nSPS) is 23.8. The molecule has 3 heterocycles. The van der Waals surface area contributed by atoms with Crippen LogP contribution in [0.3, 0.4) is 0 Å². The number of ether oxygens (including phenoxy) is 2. The zero-order valence-corrected chi connectivity index (χ0v) is 15.7. The zero-order chi connectivity index (χ0) is 18.0. The first kappa shape index (κ1) is 18.1. The second-order valence-corrected chi connectivity index (χ2v) is 9.17. The van der Waals surface area contributed by atoms with E-state index in [1.165, 1.54) is 17.1 Å². The predicted octanol–water partition coefficient (Wildman–Crippen LogP) is 1.02. The molecule has 3 aliphatic rings. The molecule has 0 N–H and O–H groups in total. The van der Waals surface area contributed by atoms with E-state index in [-0.39, 0.29) is 0 Å². The fourth-order valence-corrected chi connectivity index (χ4v) is 5.06. The van der Waals surface area contributed by atoms with E-state index in [0.717, 1.165) is 18.5 Å². The molecule has 0 aromatic carbocycles. The van der Waals surface area contributed by atoms with Crippen LogP contribution < -0.4 is 4.74 Å². The number of hydrogen-bond acceptors (Lipinski definition) is 6. The third-order valence-corrected chi connectivity index (χ3v) is 7.35. The molecule has 8 nitrogen and oxygen atoms in total. The van der Waals surface area contributed by atoms with Gasteiger partial charge in [0.1, 0.15) is 0 Å². The lowest BCUT2D eigenvalue weighted by molar-refractivity contribution is 0.0688. The number of aromatic nitrogens is 2. The molecule has 3 fully saturated rings. The van der Waals surface area contributed by atoms with Gasteiger partial charge in [-0.1, -0.05) is 0 Å². The second-order valence-electron chi connectivity index (χ2n) is 7.24. The minimum atomic E-state index is -3.36. The molecule has 4 rings (SSSR count). The molecular weight excluding hydrogens is 356 g/mol. The molecular formula is C17H26N4O4S. The van der Waals surface area contributed by atoms with Crippen molar-refractivity contribution in [1.29, 1.82) is 0 Å². The molecule has 2 saturated heterocycles. The molecule has 1 aromatic rings. The summed E-state index contributed by atoms with van der Waals surface area (Å²) >= 11 is 0. The van der Waals surface area contributed by atoms with Gasteiger partial charge in [-0.15, -0.1) is 5.10 Å². The highest BCUT2D eigenvalue weighted by molar-refractivity contribution is 7.86. The average Bonchev–Trinajstić information content (AvgIpc) is 3.53. The fraction of sp³-hybridized carbons (Fsp3) is 0.765. The molecule has 26 heavy (non-hydrogen) atoms. The molecule has 0 amide bonds. The van der Waals surface area contributed by atoms with Crippen molar-refractivity contribution >= 4 is 10.2 Å². The van der Waals surface area contributed by atoms with Crippen LogP contribution >= 0.6 is 0 Å². The van der Waals surface area contributed by atoms with Crippen molar-refractivity contribution in [3.05, 3.63) is 17.8 Å². The molecule has 0 unspecified atom stereocenters. The average molecular weight is 382 g/mol. The topological polar surface area (TPSA) is 84.9 Å². The van der Waals surface area contributed by atoms with Crippen LogP contribution in [0.1, 0.15) is 37.3 Å². The highest BCUT2D eigenvalue weighted by Crippen LogP contribution is 2.38. The minimum absolute atomic E-state index is 0.344. The Morgan fingerprint density at radius 3 is 2.31 bits per heavy atom. The summed E-state index contributed by atoms with van der Waals surface area (Å²) in [4.78, 5) is 0. The fourth-order valence-electron chi connectivity index (χ4n) is 3.45. The molecule has 144 valence electrons. The molecule has 0 radical (unpaired) electrons.